The molecule has 1 rings (SSSR count). The summed E-state index contributed by atoms with van der Waals surface area (Å²) in [4.78, 5) is 23.7. The number of carbonyl (C=O) groups excluding carboxylic acids is 2. The number of thioether (sulfide) groups is 1. The van der Waals surface area contributed by atoms with Crippen molar-refractivity contribution in [3.8, 4) is 0 Å². The van der Waals surface area contributed by atoms with Crippen LogP contribution < -0.4 is 10.6 Å². The molecule has 0 fully saturated rings. The van der Waals surface area contributed by atoms with Gasteiger partial charge in [0.1, 0.15) is 5.82 Å². The quantitative estimate of drug-likeness (QED) is 0.596. The summed E-state index contributed by atoms with van der Waals surface area (Å²) in [6, 6.07) is 6.00. The fourth-order valence-electron chi connectivity index (χ4n) is 1.32. The maximum atomic E-state index is 12.7. The predicted molar refractivity (Wildman–Crippen MR) is 78.0 cm³/mol. The van der Waals surface area contributed by atoms with Gasteiger partial charge in [0.25, 0.3) is 0 Å². The van der Waals surface area contributed by atoms with Gasteiger partial charge in [-0.25, -0.2) is 4.39 Å². The Morgan fingerprint density at radius 3 is 2.35 bits per heavy atom. The average molecular weight is 298 g/mol. The van der Waals surface area contributed by atoms with E-state index >= 15 is 0 Å². The van der Waals surface area contributed by atoms with E-state index < -0.39 is 0 Å². The third-order valence-electron chi connectivity index (χ3n) is 2.45. The molecule has 0 bridgehead atoms. The Morgan fingerprint density at radius 2 is 1.75 bits per heavy atom. The normalized spacial score (nSPS) is 10.4. The molecule has 0 spiro atoms. The molecule has 2 amide bonds. The maximum absolute atomic E-state index is 12.7. The lowest BCUT2D eigenvalue weighted by Crippen LogP contribution is -2.36. The lowest BCUT2D eigenvalue weighted by atomic mass is 10.2. The van der Waals surface area contributed by atoms with Gasteiger partial charge in [0.2, 0.25) is 11.8 Å². The molecule has 1 aromatic carbocycles. The highest BCUT2D eigenvalue weighted by Gasteiger charge is 2.06. The van der Waals surface area contributed by atoms with Crippen LogP contribution in [-0.2, 0) is 9.59 Å². The summed E-state index contributed by atoms with van der Waals surface area (Å²) in [5.41, 5.74) is 0. The molecule has 6 heteroatoms. The number of carbonyl (C=O) groups is 2. The Hall–Kier alpha value is -1.56. The maximum Gasteiger partial charge on any atom is 0.230 e. The van der Waals surface area contributed by atoms with Crippen molar-refractivity contribution in [3.63, 3.8) is 0 Å². The monoisotopic (exact) mass is 298 g/mol. The van der Waals surface area contributed by atoms with E-state index in [-0.39, 0.29) is 29.3 Å². The first-order valence-electron chi connectivity index (χ1n) is 6.42. The second kappa shape index (κ2) is 8.58. The van der Waals surface area contributed by atoms with E-state index in [1.54, 1.807) is 12.1 Å². The molecule has 0 atom stereocenters. The average Bonchev–Trinajstić information content (AvgIpc) is 2.42. The largest absolute Gasteiger partial charge is 0.354 e. The van der Waals surface area contributed by atoms with E-state index in [4.69, 9.17) is 0 Å². The lowest BCUT2D eigenvalue weighted by Gasteiger charge is -2.08. The SMILES string of the molecule is CC(C)C(=O)NCCNC(=O)CSc1ccc(F)cc1. The number of benzene rings is 1. The number of rotatable bonds is 7. The molecule has 0 aliphatic heterocycles. The van der Waals surface area contributed by atoms with Crippen LogP contribution >= 0.6 is 11.8 Å². The zero-order valence-corrected chi connectivity index (χ0v) is 12.4. The van der Waals surface area contributed by atoms with Crippen molar-refractivity contribution in [2.75, 3.05) is 18.8 Å². The van der Waals surface area contributed by atoms with Crippen LogP contribution in [0.2, 0.25) is 0 Å². The number of amides is 2. The third kappa shape index (κ3) is 6.56. The highest BCUT2D eigenvalue weighted by atomic mass is 32.2. The zero-order valence-electron chi connectivity index (χ0n) is 11.6. The summed E-state index contributed by atoms with van der Waals surface area (Å²) in [7, 11) is 0. The van der Waals surface area contributed by atoms with Gasteiger partial charge >= 0.3 is 0 Å². The predicted octanol–water partition coefficient (Wildman–Crippen LogP) is 1.81. The van der Waals surface area contributed by atoms with Crippen molar-refractivity contribution >= 4 is 23.6 Å². The van der Waals surface area contributed by atoms with Crippen LogP contribution in [0.5, 0.6) is 0 Å². The minimum Gasteiger partial charge on any atom is -0.354 e. The van der Waals surface area contributed by atoms with Crippen molar-refractivity contribution in [3.05, 3.63) is 30.1 Å². The smallest absolute Gasteiger partial charge is 0.230 e. The molecule has 1 aromatic rings. The van der Waals surface area contributed by atoms with Gasteiger partial charge in [-0.2, -0.15) is 0 Å². The fraction of sp³-hybridized carbons (Fsp3) is 0.429. The number of hydrogen-bond acceptors (Lipinski definition) is 3. The summed E-state index contributed by atoms with van der Waals surface area (Å²) in [6.45, 7) is 4.45. The highest BCUT2D eigenvalue weighted by molar-refractivity contribution is 8.00. The van der Waals surface area contributed by atoms with Crippen LogP contribution in [0.15, 0.2) is 29.2 Å². The van der Waals surface area contributed by atoms with Crippen molar-refractivity contribution in [1.82, 2.24) is 10.6 Å². The third-order valence-corrected chi connectivity index (χ3v) is 3.47. The number of hydrogen-bond donors (Lipinski definition) is 2. The Labute approximate surface area is 122 Å². The van der Waals surface area contributed by atoms with Gasteiger partial charge in [-0.15, -0.1) is 11.8 Å². The Kier molecular flexibility index (Phi) is 7.08. The van der Waals surface area contributed by atoms with E-state index in [9.17, 15) is 14.0 Å². The molecule has 0 heterocycles. The van der Waals surface area contributed by atoms with Gasteiger partial charge in [0.05, 0.1) is 5.75 Å². The van der Waals surface area contributed by atoms with E-state index in [1.807, 2.05) is 13.8 Å². The molecule has 0 radical (unpaired) electrons. The van der Waals surface area contributed by atoms with Crippen LogP contribution in [0.1, 0.15) is 13.8 Å². The standard InChI is InChI=1S/C14H19FN2O2S/c1-10(2)14(19)17-8-7-16-13(18)9-20-12-5-3-11(15)4-6-12/h3-6,10H,7-9H2,1-2H3,(H,16,18)(H,17,19). The molecule has 0 unspecified atom stereocenters. The summed E-state index contributed by atoms with van der Waals surface area (Å²) < 4.78 is 12.7. The lowest BCUT2D eigenvalue weighted by molar-refractivity contribution is -0.124. The van der Waals surface area contributed by atoms with Crippen LogP contribution in [0, 0.1) is 11.7 Å². The molecule has 0 saturated carbocycles. The van der Waals surface area contributed by atoms with E-state index in [1.165, 1.54) is 23.9 Å². The van der Waals surface area contributed by atoms with Crippen molar-refractivity contribution < 1.29 is 14.0 Å². The minimum atomic E-state index is -0.292. The van der Waals surface area contributed by atoms with Crippen LogP contribution in [0.3, 0.4) is 0 Å². The molecule has 20 heavy (non-hydrogen) atoms. The summed E-state index contributed by atoms with van der Waals surface area (Å²) in [5.74, 6) is -0.221. The van der Waals surface area contributed by atoms with Crippen LogP contribution in [-0.4, -0.2) is 30.7 Å². The summed E-state index contributed by atoms with van der Waals surface area (Å²) >= 11 is 1.34. The first-order chi connectivity index (χ1) is 9.49. The summed E-state index contributed by atoms with van der Waals surface area (Å²) in [6.07, 6.45) is 0. The fourth-order valence-corrected chi connectivity index (χ4v) is 2.05. The Bertz CT molecular complexity index is 449. The second-order valence-corrected chi connectivity index (χ2v) is 5.59. The topological polar surface area (TPSA) is 58.2 Å². The molecule has 0 aliphatic carbocycles. The van der Waals surface area contributed by atoms with E-state index in [0.717, 1.165) is 4.90 Å². The first-order valence-corrected chi connectivity index (χ1v) is 7.40. The van der Waals surface area contributed by atoms with Gasteiger partial charge < -0.3 is 10.6 Å². The Balaban J connectivity index is 2.14. The van der Waals surface area contributed by atoms with Gasteiger partial charge in [-0.05, 0) is 24.3 Å². The van der Waals surface area contributed by atoms with Gasteiger partial charge in [-0.3, -0.25) is 9.59 Å². The van der Waals surface area contributed by atoms with Crippen molar-refractivity contribution in [2.45, 2.75) is 18.7 Å². The van der Waals surface area contributed by atoms with Gasteiger partial charge in [0, 0.05) is 23.9 Å². The molecule has 0 aromatic heterocycles. The molecule has 0 aliphatic rings. The van der Waals surface area contributed by atoms with Crippen LogP contribution in [0.4, 0.5) is 4.39 Å². The molecule has 4 nitrogen and oxygen atoms in total. The number of halogens is 1. The zero-order chi connectivity index (χ0) is 15.0. The molecule has 0 saturated heterocycles. The minimum absolute atomic E-state index is 0.0278. The summed E-state index contributed by atoms with van der Waals surface area (Å²) in [5, 5.41) is 5.43. The van der Waals surface area contributed by atoms with Crippen molar-refractivity contribution in [1.29, 1.82) is 0 Å². The molecule has 2 N–H and O–H groups in total. The molecular formula is C14H19FN2O2S. The van der Waals surface area contributed by atoms with E-state index in [2.05, 4.69) is 10.6 Å². The molecule has 110 valence electrons. The molecular weight excluding hydrogens is 279 g/mol. The second-order valence-electron chi connectivity index (χ2n) is 4.54. The van der Waals surface area contributed by atoms with Crippen molar-refractivity contribution in [2.24, 2.45) is 5.92 Å². The van der Waals surface area contributed by atoms with E-state index in [0.29, 0.717) is 13.1 Å². The first kappa shape index (κ1) is 16.5. The Morgan fingerprint density at radius 1 is 1.15 bits per heavy atom. The highest BCUT2D eigenvalue weighted by Crippen LogP contribution is 2.17. The van der Waals surface area contributed by atoms with Crippen LogP contribution in [0.25, 0.3) is 0 Å². The van der Waals surface area contributed by atoms with Gasteiger partial charge in [-0.1, -0.05) is 13.8 Å². The number of nitrogens with one attached hydrogen (secondary N) is 2. The van der Waals surface area contributed by atoms with Gasteiger partial charge in [0.15, 0.2) is 0 Å².